The summed E-state index contributed by atoms with van der Waals surface area (Å²) in [5, 5.41) is 9.20. The van der Waals surface area contributed by atoms with Crippen molar-refractivity contribution >= 4 is 38.1 Å². The molecule has 0 radical (unpaired) electrons. The van der Waals surface area contributed by atoms with Crippen molar-refractivity contribution in [3.05, 3.63) is 34.4 Å². The predicted octanol–water partition coefficient (Wildman–Crippen LogP) is 2.08. The van der Waals surface area contributed by atoms with E-state index in [4.69, 9.17) is 13.6 Å². The van der Waals surface area contributed by atoms with Crippen LogP contribution in [0, 0.1) is 0 Å². The lowest BCUT2D eigenvalue weighted by atomic mass is 10.1. The molecule has 152 valence electrons. The van der Waals surface area contributed by atoms with Crippen molar-refractivity contribution in [2.24, 2.45) is 0 Å². The number of thiophene rings is 1. The number of aryl methyl sites for hydroxylation is 1. The highest BCUT2D eigenvalue weighted by atomic mass is 32.2. The van der Waals surface area contributed by atoms with Gasteiger partial charge in [-0.2, -0.15) is 0 Å². The van der Waals surface area contributed by atoms with Crippen LogP contribution in [0.1, 0.15) is 27.2 Å². The summed E-state index contributed by atoms with van der Waals surface area (Å²) >= 11 is 1.25. The summed E-state index contributed by atoms with van der Waals surface area (Å²) in [5.74, 6) is -2.22. The molecule has 1 N–H and O–H groups in total. The molecule has 0 saturated carbocycles. The summed E-state index contributed by atoms with van der Waals surface area (Å²) < 4.78 is 39.9. The molecule has 0 aromatic carbocycles. The molecule has 0 saturated heterocycles. The Bertz CT molecular complexity index is 1180. The summed E-state index contributed by atoms with van der Waals surface area (Å²) in [7, 11) is -2.94. The van der Waals surface area contributed by atoms with E-state index >= 15 is 0 Å². The Kier molecular flexibility index (Phi) is 4.96. The third-order valence-electron chi connectivity index (χ3n) is 4.29. The molecule has 0 atom stereocenters. The lowest BCUT2D eigenvalue weighted by molar-refractivity contribution is -0.113. The number of nitrogens with one attached hydrogen (secondary N) is 1. The molecular formula is C17H15N3O7S2. The predicted molar refractivity (Wildman–Crippen MR) is 100 cm³/mol. The van der Waals surface area contributed by atoms with Crippen LogP contribution in [-0.2, 0) is 32.2 Å². The number of fused-ring (bicyclic) bond motifs is 1. The van der Waals surface area contributed by atoms with Gasteiger partial charge >= 0.3 is 11.2 Å². The normalized spacial score (nSPS) is 13.3. The van der Waals surface area contributed by atoms with Gasteiger partial charge in [-0.1, -0.05) is 5.10 Å². The monoisotopic (exact) mass is 437 g/mol. The van der Waals surface area contributed by atoms with Gasteiger partial charge in [0, 0.05) is 4.88 Å². The van der Waals surface area contributed by atoms with Gasteiger partial charge in [-0.05, 0) is 37.0 Å². The smallest absolute Gasteiger partial charge is 0.341 e. The third kappa shape index (κ3) is 3.68. The Morgan fingerprint density at radius 2 is 2.14 bits per heavy atom. The van der Waals surface area contributed by atoms with E-state index in [0.717, 1.165) is 23.3 Å². The number of furan rings is 1. The number of hydrogen-bond donors (Lipinski definition) is 1. The molecule has 10 nitrogen and oxygen atoms in total. The number of sulfone groups is 1. The Morgan fingerprint density at radius 3 is 2.86 bits per heavy atom. The molecule has 1 aliphatic rings. The van der Waals surface area contributed by atoms with Crippen LogP contribution in [0.4, 0.5) is 5.00 Å². The zero-order valence-corrected chi connectivity index (χ0v) is 16.8. The summed E-state index contributed by atoms with van der Waals surface area (Å²) in [6.45, 7) is 0. The number of carbonyl (C=O) groups excluding carboxylic acids is 2. The number of carbonyl (C=O) groups is 2. The van der Waals surface area contributed by atoms with Gasteiger partial charge in [0.15, 0.2) is 5.76 Å². The van der Waals surface area contributed by atoms with Crippen molar-refractivity contribution in [2.75, 3.05) is 18.2 Å². The molecule has 0 spiro atoms. The van der Waals surface area contributed by atoms with Crippen molar-refractivity contribution in [3.8, 4) is 11.7 Å². The average Bonchev–Trinajstić information content (AvgIpc) is 3.42. The van der Waals surface area contributed by atoms with E-state index in [2.05, 4.69) is 15.5 Å². The van der Waals surface area contributed by atoms with Gasteiger partial charge in [0.1, 0.15) is 10.8 Å². The molecule has 0 bridgehead atoms. The molecule has 29 heavy (non-hydrogen) atoms. The number of anilines is 1. The zero-order chi connectivity index (χ0) is 20.6. The second-order valence-electron chi connectivity index (χ2n) is 6.21. The second-order valence-corrected chi connectivity index (χ2v) is 9.18. The quantitative estimate of drug-likeness (QED) is 0.573. The molecule has 4 rings (SSSR count). The molecule has 1 amide bonds. The number of aromatic nitrogens is 2. The minimum Gasteiger partial charge on any atom is -0.465 e. The highest BCUT2D eigenvalue weighted by molar-refractivity contribution is 7.91. The Hall–Kier alpha value is -2.99. The average molecular weight is 437 g/mol. The Labute approximate surface area is 168 Å². The van der Waals surface area contributed by atoms with E-state index < -0.39 is 32.7 Å². The van der Waals surface area contributed by atoms with Gasteiger partial charge in [0.2, 0.25) is 15.7 Å². The Morgan fingerprint density at radius 1 is 1.31 bits per heavy atom. The number of amides is 1. The third-order valence-corrected chi connectivity index (χ3v) is 6.84. The zero-order valence-electron chi connectivity index (χ0n) is 15.1. The fourth-order valence-corrected chi connectivity index (χ4v) is 5.25. The lowest BCUT2D eigenvalue weighted by Crippen LogP contribution is -2.24. The van der Waals surface area contributed by atoms with Crippen LogP contribution >= 0.6 is 11.3 Å². The molecule has 0 unspecified atom stereocenters. The number of hydrogen-bond acceptors (Lipinski definition) is 10. The van der Waals surface area contributed by atoms with Crippen LogP contribution in [0.3, 0.4) is 0 Å². The van der Waals surface area contributed by atoms with Crippen molar-refractivity contribution in [1.82, 2.24) is 10.2 Å². The molecule has 0 fully saturated rings. The van der Waals surface area contributed by atoms with E-state index in [9.17, 15) is 18.0 Å². The van der Waals surface area contributed by atoms with Crippen LogP contribution in [0.25, 0.3) is 11.7 Å². The molecule has 3 aromatic rings. The van der Waals surface area contributed by atoms with E-state index in [1.54, 1.807) is 6.07 Å². The first kappa shape index (κ1) is 19.3. The lowest BCUT2D eigenvalue weighted by Gasteiger charge is -2.06. The maximum atomic E-state index is 12.5. The van der Waals surface area contributed by atoms with Gasteiger partial charge in [-0.15, -0.1) is 16.4 Å². The maximum absolute atomic E-state index is 12.5. The number of ether oxygens (including phenoxy) is 1. The minimum atomic E-state index is -4.19. The summed E-state index contributed by atoms with van der Waals surface area (Å²) in [4.78, 5) is 25.5. The van der Waals surface area contributed by atoms with Crippen LogP contribution in [0.15, 0.2) is 32.5 Å². The first-order chi connectivity index (χ1) is 13.9. The largest absolute Gasteiger partial charge is 0.465 e. The van der Waals surface area contributed by atoms with Crippen molar-refractivity contribution in [3.63, 3.8) is 0 Å². The van der Waals surface area contributed by atoms with Crippen molar-refractivity contribution in [1.29, 1.82) is 0 Å². The fourth-order valence-electron chi connectivity index (χ4n) is 3.04. The van der Waals surface area contributed by atoms with Gasteiger partial charge in [-0.3, -0.25) is 4.79 Å². The first-order valence-corrected chi connectivity index (χ1v) is 11.0. The fraction of sp³-hybridized carbons (Fsp3) is 0.294. The number of rotatable bonds is 6. The van der Waals surface area contributed by atoms with Crippen LogP contribution in [0.5, 0.6) is 0 Å². The number of nitrogens with zero attached hydrogens (tertiary/aromatic N) is 2. The topological polar surface area (TPSA) is 142 Å². The van der Waals surface area contributed by atoms with Gasteiger partial charge < -0.3 is 18.9 Å². The van der Waals surface area contributed by atoms with Crippen LogP contribution in [0.2, 0.25) is 0 Å². The highest BCUT2D eigenvalue weighted by Crippen LogP contribution is 2.39. The minimum absolute atomic E-state index is 0.114. The number of methoxy groups -OCH3 is 1. The molecule has 1 aliphatic carbocycles. The molecule has 3 heterocycles. The van der Waals surface area contributed by atoms with E-state index in [0.29, 0.717) is 6.42 Å². The second kappa shape index (κ2) is 7.44. The van der Waals surface area contributed by atoms with E-state index in [1.165, 1.54) is 30.8 Å². The van der Waals surface area contributed by atoms with Crippen molar-refractivity contribution in [2.45, 2.75) is 24.5 Å². The van der Waals surface area contributed by atoms with Gasteiger partial charge in [0.25, 0.3) is 5.89 Å². The SMILES string of the molecule is COC(=O)c1c(NC(=O)CS(=O)(=O)c2nnc(-c3ccco3)o2)sc2c1CCC2. The maximum Gasteiger partial charge on any atom is 0.341 e. The highest BCUT2D eigenvalue weighted by Gasteiger charge is 2.31. The summed E-state index contributed by atoms with van der Waals surface area (Å²) in [6.07, 6.45) is 3.80. The number of esters is 1. The van der Waals surface area contributed by atoms with Gasteiger partial charge in [-0.25, -0.2) is 13.2 Å². The van der Waals surface area contributed by atoms with Crippen LogP contribution < -0.4 is 5.32 Å². The molecule has 0 aliphatic heterocycles. The molecule has 3 aromatic heterocycles. The van der Waals surface area contributed by atoms with E-state index in [-0.39, 0.29) is 22.2 Å². The molecule has 12 heteroatoms. The molecular weight excluding hydrogens is 422 g/mol. The van der Waals surface area contributed by atoms with Crippen LogP contribution in [-0.4, -0.2) is 43.4 Å². The summed E-state index contributed by atoms with van der Waals surface area (Å²) in [6, 6.07) is 3.11. The Balaban J connectivity index is 1.52. The summed E-state index contributed by atoms with van der Waals surface area (Å²) in [5.41, 5.74) is 1.13. The standard InChI is InChI=1S/C17H15N3O7S2/c1-25-16(22)13-9-4-2-6-11(9)28-15(13)18-12(21)8-29(23,24)17-20-19-14(27-17)10-5-3-7-26-10/h3,5,7H,2,4,6,8H2,1H3,(H,18,21). The van der Waals surface area contributed by atoms with Crippen molar-refractivity contribution < 1.29 is 31.6 Å². The van der Waals surface area contributed by atoms with Gasteiger partial charge in [0.05, 0.1) is 18.9 Å². The first-order valence-electron chi connectivity index (χ1n) is 8.52. The van der Waals surface area contributed by atoms with E-state index in [1.807, 2.05) is 0 Å².